The van der Waals surface area contributed by atoms with Gasteiger partial charge >= 0.3 is 0 Å². The Balaban J connectivity index is 1.77. The van der Waals surface area contributed by atoms with Crippen molar-refractivity contribution in [3.8, 4) is 0 Å². The van der Waals surface area contributed by atoms with Gasteiger partial charge < -0.3 is 19.9 Å². The van der Waals surface area contributed by atoms with Gasteiger partial charge in [-0.1, -0.05) is 90.9 Å². The summed E-state index contributed by atoms with van der Waals surface area (Å²) in [6.45, 7) is 8.06. The van der Waals surface area contributed by atoms with Crippen LogP contribution in [0.1, 0.15) is 110 Å². The molecule has 0 aromatic rings. The van der Waals surface area contributed by atoms with Crippen molar-refractivity contribution in [2.24, 2.45) is 5.92 Å². The number of hydrogen-bond acceptors (Lipinski definition) is 3. The van der Waals surface area contributed by atoms with Gasteiger partial charge in [0.25, 0.3) is 0 Å². The molecule has 30 heavy (non-hydrogen) atoms. The molecule has 1 aliphatic rings. The molecule has 0 radical (unpaired) electrons. The van der Waals surface area contributed by atoms with Gasteiger partial charge in [-0.05, 0) is 12.3 Å². The highest BCUT2D eigenvalue weighted by Gasteiger charge is 2.20. The zero-order valence-electron chi connectivity index (χ0n) is 20.1. The molecule has 0 aliphatic carbocycles. The molecule has 1 amide bonds. The molecule has 0 aromatic carbocycles. The second-order valence-corrected chi connectivity index (χ2v) is 9.72. The molecule has 1 heterocycles. The average molecular weight is 427 g/mol. The predicted octanol–water partition coefficient (Wildman–Crippen LogP) is 5.95. The second kappa shape index (κ2) is 18.0. The molecule has 1 rings (SSSR count). The number of carbonyl (C=O) groups is 1. The molecule has 1 fully saturated rings. The number of morpholine rings is 1. The van der Waals surface area contributed by atoms with Crippen LogP contribution in [0.4, 0.5) is 0 Å². The van der Waals surface area contributed by atoms with Crippen molar-refractivity contribution < 1.29 is 14.2 Å². The van der Waals surface area contributed by atoms with Crippen molar-refractivity contribution in [2.75, 3.05) is 39.4 Å². The molecular weight excluding hydrogens is 376 g/mol. The lowest BCUT2D eigenvalue weighted by Crippen LogP contribution is -2.51. The lowest BCUT2D eigenvalue weighted by molar-refractivity contribution is -0.888. The normalized spacial score (nSPS) is 16.1. The number of hydrogen-bond donors (Lipinski definition) is 1. The molecule has 178 valence electrons. The highest BCUT2D eigenvalue weighted by atomic mass is 16.6. The summed E-state index contributed by atoms with van der Waals surface area (Å²) in [5.74, 6) is 1.00. The molecule has 0 saturated carbocycles. The lowest BCUT2D eigenvalue weighted by Gasteiger charge is -2.45. The van der Waals surface area contributed by atoms with Crippen molar-refractivity contribution >= 4 is 5.91 Å². The number of amides is 1. The molecule has 1 saturated heterocycles. The fraction of sp³-hybridized carbons (Fsp3) is 0.960. The number of carbonyl (C=O) groups excluding carboxylic acids is 1. The third kappa shape index (κ3) is 16.1. The monoisotopic (exact) mass is 426 g/mol. The second-order valence-electron chi connectivity index (χ2n) is 9.72. The van der Waals surface area contributed by atoms with Crippen LogP contribution < -0.4 is 5.32 Å². The molecule has 0 atom stereocenters. The van der Waals surface area contributed by atoms with Crippen LogP contribution in [0.15, 0.2) is 0 Å². The quantitative estimate of drug-likeness (QED) is 0.158. The zero-order chi connectivity index (χ0) is 21.9. The predicted molar refractivity (Wildman–Crippen MR) is 126 cm³/mol. The van der Waals surface area contributed by atoms with Crippen LogP contribution in [0.3, 0.4) is 0 Å². The summed E-state index contributed by atoms with van der Waals surface area (Å²) in [7, 11) is 0. The van der Waals surface area contributed by atoms with Gasteiger partial charge in [-0.15, -0.1) is 0 Å². The van der Waals surface area contributed by atoms with Gasteiger partial charge in [0, 0.05) is 19.4 Å². The summed E-state index contributed by atoms with van der Waals surface area (Å²) < 4.78 is 5.08. The van der Waals surface area contributed by atoms with Gasteiger partial charge in [0.1, 0.15) is 13.1 Å². The van der Waals surface area contributed by atoms with E-state index in [2.05, 4.69) is 19.2 Å². The number of rotatable bonds is 19. The first-order valence-electron chi connectivity index (χ1n) is 12.9. The number of nitrogens with zero attached hydrogens (tertiary/aromatic N) is 1. The number of hydroxylamine groups is 3. The fourth-order valence-electron chi connectivity index (χ4n) is 4.19. The summed E-state index contributed by atoms with van der Waals surface area (Å²) in [5, 5.41) is 15.3. The Morgan fingerprint density at radius 3 is 1.87 bits per heavy atom. The summed E-state index contributed by atoms with van der Waals surface area (Å²) in [6.07, 6.45) is 18.6. The summed E-state index contributed by atoms with van der Waals surface area (Å²) in [4.78, 5) is 11.9. The number of quaternary nitrogens is 1. The molecule has 0 spiro atoms. The first-order valence-corrected chi connectivity index (χ1v) is 12.9. The van der Waals surface area contributed by atoms with E-state index in [-0.39, 0.29) is 10.6 Å². The number of nitrogens with one attached hydrogen (secondary N) is 1. The maximum absolute atomic E-state index is 12.3. The highest BCUT2D eigenvalue weighted by molar-refractivity contribution is 5.75. The third-order valence-corrected chi connectivity index (χ3v) is 6.29. The molecule has 0 bridgehead atoms. The smallest absolute Gasteiger partial charge is 0.219 e. The van der Waals surface area contributed by atoms with E-state index in [1.165, 1.54) is 70.6 Å². The van der Waals surface area contributed by atoms with E-state index < -0.39 is 0 Å². The molecule has 1 N–H and O–H groups in total. The van der Waals surface area contributed by atoms with Crippen LogP contribution in [0.25, 0.3) is 0 Å². The Morgan fingerprint density at radius 1 is 0.833 bits per heavy atom. The van der Waals surface area contributed by atoms with E-state index in [4.69, 9.17) is 4.74 Å². The zero-order valence-corrected chi connectivity index (χ0v) is 20.1. The van der Waals surface area contributed by atoms with Crippen molar-refractivity contribution in [3.63, 3.8) is 0 Å². The van der Waals surface area contributed by atoms with Crippen LogP contribution in [-0.4, -0.2) is 49.9 Å². The van der Waals surface area contributed by atoms with Crippen molar-refractivity contribution in [2.45, 2.75) is 110 Å². The van der Waals surface area contributed by atoms with Gasteiger partial charge in [0.2, 0.25) is 5.91 Å². The van der Waals surface area contributed by atoms with E-state index in [1.54, 1.807) is 0 Å². The Morgan fingerprint density at radius 2 is 1.33 bits per heavy atom. The van der Waals surface area contributed by atoms with E-state index in [9.17, 15) is 10.0 Å². The number of ether oxygens (including phenoxy) is 1. The van der Waals surface area contributed by atoms with Crippen molar-refractivity contribution in [1.82, 2.24) is 5.32 Å². The molecule has 0 aromatic heterocycles. The summed E-state index contributed by atoms with van der Waals surface area (Å²) in [5.41, 5.74) is 0. The first-order chi connectivity index (χ1) is 14.5. The van der Waals surface area contributed by atoms with Crippen LogP contribution in [0, 0.1) is 11.1 Å². The topological polar surface area (TPSA) is 61.4 Å². The SMILES string of the molecule is CC(C)CCCCCCCCCCCCCCC(=O)NCCC[N+]1([O-])CCOCC1. The summed E-state index contributed by atoms with van der Waals surface area (Å²) >= 11 is 0. The Labute approximate surface area is 186 Å². The Bertz CT molecular complexity index is 409. The molecule has 5 heteroatoms. The minimum absolute atomic E-state index is 0.142. The van der Waals surface area contributed by atoms with E-state index >= 15 is 0 Å². The van der Waals surface area contributed by atoms with E-state index in [0.717, 1.165) is 25.2 Å². The molecule has 5 nitrogen and oxygen atoms in total. The first kappa shape index (κ1) is 27.4. The number of unbranched alkanes of at least 4 members (excludes halogenated alkanes) is 11. The third-order valence-electron chi connectivity index (χ3n) is 6.29. The lowest BCUT2D eigenvalue weighted by atomic mass is 10.0. The van der Waals surface area contributed by atoms with E-state index in [0.29, 0.717) is 45.8 Å². The minimum Gasteiger partial charge on any atom is -0.633 e. The maximum atomic E-state index is 12.3. The van der Waals surface area contributed by atoms with E-state index in [1.807, 2.05) is 0 Å². The van der Waals surface area contributed by atoms with Gasteiger partial charge in [-0.25, -0.2) is 0 Å². The molecule has 1 aliphatic heterocycles. The standard InChI is InChI=1S/C25H50N2O3/c1-24(2)16-13-11-9-7-5-3-4-6-8-10-12-14-17-25(28)26-18-15-19-27(29)20-22-30-23-21-27/h24H,3-23H2,1-2H3,(H,26,28). The summed E-state index contributed by atoms with van der Waals surface area (Å²) in [6, 6.07) is 0. The fourth-order valence-corrected chi connectivity index (χ4v) is 4.19. The van der Waals surface area contributed by atoms with Gasteiger partial charge in [0.15, 0.2) is 0 Å². The van der Waals surface area contributed by atoms with Crippen LogP contribution in [0.2, 0.25) is 0 Å². The largest absolute Gasteiger partial charge is 0.633 e. The highest BCUT2D eigenvalue weighted by Crippen LogP contribution is 2.14. The van der Waals surface area contributed by atoms with Crippen LogP contribution in [0.5, 0.6) is 0 Å². The van der Waals surface area contributed by atoms with Crippen molar-refractivity contribution in [3.05, 3.63) is 5.21 Å². The van der Waals surface area contributed by atoms with Gasteiger partial charge in [0.05, 0.1) is 19.8 Å². The Hall–Kier alpha value is -0.650. The average Bonchev–Trinajstić information content (AvgIpc) is 2.72. The van der Waals surface area contributed by atoms with Crippen LogP contribution in [-0.2, 0) is 9.53 Å². The molecule has 0 unspecified atom stereocenters. The van der Waals surface area contributed by atoms with Gasteiger partial charge in [-0.3, -0.25) is 4.79 Å². The maximum Gasteiger partial charge on any atom is 0.219 e. The van der Waals surface area contributed by atoms with Crippen LogP contribution >= 0.6 is 0 Å². The molecular formula is C25H50N2O3. The van der Waals surface area contributed by atoms with Gasteiger partial charge in [-0.2, -0.15) is 0 Å². The Kier molecular flexibility index (Phi) is 16.4. The minimum atomic E-state index is -0.159. The van der Waals surface area contributed by atoms with Crippen molar-refractivity contribution in [1.29, 1.82) is 0 Å².